The minimum absolute atomic E-state index is 0.0753. The van der Waals surface area contributed by atoms with Crippen LogP contribution in [0.25, 0.3) is 0 Å². The van der Waals surface area contributed by atoms with Crippen molar-refractivity contribution >= 4 is 23.1 Å². The molecule has 0 saturated carbocycles. The highest BCUT2D eigenvalue weighted by atomic mass is 35.5. The van der Waals surface area contributed by atoms with E-state index >= 15 is 0 Å². The lowest BCUT2D eigenvalue weighted by molar-refractivity contribution is -0.137. The third kappa shape index (κ3) is 3.57. The summed E-state index contributed by atoms with van der Waals surface area (Å²) in [5.74, 6) is -0.640. The van der Waals surface area contributed by atoms with Gasteiger partial charge in [0.05, 0.1) is 5.56 Å². The third-order valence-corrected chi connectivity index (χ3v) is 2.43. The van der Waals surface area contributed by atoms with Crippen LogP contribution in [0.3, 0.4) is 0 Å². The Bertz CT molecular complexity index is 599. The molecular weight excluding hydrogens is 284 g/mol. The lowest BCUT2D eigenvalue weighted by Gasteiger charge is -2.11. The minimum Gasteiger partial charge on any atom is -0.340 e. The second-order valence-electron chi connectivity index (χ2n) is 3.70. The summed E-state index contributed by atoms with van der Waals surface area (Å²) in [7, 11) is 0. The molecule has 0 fully saturated rings. The summed E-state index contributed by atoms with van der Waals surface area (Å²) in [5, 5.41) is 2.49. The molecule has 100 valence electrons. The summed E-state index contributed by atoms with van der Waals surface area (Å²) in [6, 6.07) is 6.93. The quantitative estimate of drug-likeness (QED) is 0.644. The Morgan fingerprint density at radius 2 is 1.84 bits per heavy atom. The zero-order chi connectivity index (χ0) is 14.0. The minimum atomic E-state index is -4.50. The van der Waals surface area contributed by atoms with E-state index in [9.17, 15) is 17.6 Å². The van der Waals surface area contributed by atoms with Gasteiger partial charge in [0.2, 0.25) is 5.95 Å². The SMILES string of the molecule is Fc1cccc(Nc2cc(Cl)cc(C(F)(F)F)c2)n1. The van der Waals surface area contributed by atoms with Crippen molar-refractivity contribution in [3.8, 4) is 0 Å². The number of nitrogens with one attached hydrogen (secondary N) is 1. The Balaban J connectivity index is 2.33. The molecule has 0 bridgehead atoms. The van der Waals surface area contributed by atoms with Gasteiger partial charge in [-0.2, -0.15) is 17.6 Å². The van der Waals surface area contributed by atoms with E-state index in [1.165, 1.54) is 18.2 Å². The Hall–Kier alpha value is -1.82. The zero-order valence-electron chi connectivity index (χ0n) is 9.30. The van der Waals surface area contributed by atoms with Gasteiger partial charge in [-0.05, 0) is 30.3 Å². The first-order valence-corrected chi connectivity index (χ1v) is 5.50. The van der Waals surface area contributed by atoms with E-state index in [1.807, 2.05) is 0 Å². The third-order valence-electron chi connectivity index (χ3n) is 2.21. The first-order chi connectivity index (χ1) is 8.84. The van der Waals surface area contributed by atoms with Crippen LogP contribution in [0.15, 0.2) is 36.4 Å². The smallest absolute Gasteiger partial charge is 0.340 e. The monoisotopic (exact) mass is 290 g/mol. The van der Waals surface area contributed by atoms with Crippen LogP contribution in [-0.4, -0.2) is 4.98 Å². The molecule has 0 amide bonds. The van der Waals surface area contributed by atoms with Crippen molar-refractivity contribution in [2.24, 2.45) is 0 Å². The van der Waals surface area contributed by atoms with Crippen LogP contribution >= 0.6 is 11.6 Å². The molecule has 0 saturated heterocycles. The summed E-state index contributed by atoms with van der Waals surface area (Å²) in [4.78, 5) is 3.49. The van der Waals surface area contributed by atoms with Crippen molar-refractivity contribution in [3.63, 3.8) is 0 Å². The number of hydrogen-bond donors (Lipinski definition) is 1. The lowest BCUT2D eigenvalue weighted by atomic mass is 10.2. The number of nitrogens with zero attached hydrogens (tertiary/aromatic N) is 1. The molecule has 1 N–H and O–H groups in total. The first kappa shape index (κ1) is 13.6. The van der Waals surface area contributed by atoms with Crippen LogP contribution in [0.1, 0.15) is 5.56 Å². The molecule has 19 heavy (non-hydrogen) atoms. The summed E-state index contributed by atoms with van der Waals surface area (Å²) in [5.41, 5.74) is -0.808. The highest BCUT2D eigenvalue weighted by Crippen LogP contribution is 2.33. The van der Waals surface area contributed by atoms with E-state index in [0.29, 0.717) is 0 Å². The molecule has 2 aromatic rings. The van der Waals surface area contributed by atoms with Crippen LogP contribution in [0.5, 0.6) is 0 Å². The largest absolute Gasteiger partial charge is 0.416 e. The lowest BCUT2D eigenvalue weighted by Crippen LogP contribution is -2.05. The van der Waals surface area contributed by atoms with Crippen LogP contribution in [0, 0.1) is 5.95 Å². The molecule has 0 aliphatic carbocycles. The molecule has 0 atom stereocenters. The summed E-state index contributed by atoms with van der Waals surface area (Å²) < 4.78 is 50.6. The average molecular weight is 291 g/mol. The summed E-state index contributed by atoms with van der Waals surface area (Å²) in [6.07, 6.45) is -4.50. The van der Waals surface area contributed by atoms with Gasteiger partial charge in [0.15, 0.2) is 0 Å². The van der Waals surface area contributed by atoms with E-state index in [1.54, 1.807) is 0 Å². The highest BCUT2D eigenvalue weighted by molar-refractivity contribution is 6.31. The fourth-order valence-electron chi connectivity index (χ4n) is 1.45. The van der Waals surface area contributed by atoms with Gasteiger partial charge < -0.3 is 5.32 Å². The number of pyridine rings is 1. The van der Waals surface area contributed by atoms with Crippen molar-refractivity contribution in [2.75, 3.05) is 5.32 Å². The second kappa shape index (κ2) is 5.05. The predicted molar refractivity (Wildman–Crippen MR) is 63.9 cm³/mol. The predicted octanol–water partition coefficient (Wildman–Crippen LogP) is 4.64. The number of aromatic nitrogens is 1. The van der Waals surface area contributed by atoms with E-state index in [-0.39, 0.29) is 16.5 Å². The maximum atomic E-state index is 12.9. The zero-order valence-corrected chi connectivity index (χ0v) is 10.1. The van der Waals surface area contributed by atoms with Gasteiger partial charge in [-0.15, -0.1) is 0 Å². The molecule has 0 radical (unpaired) electrons. The highest BCUT2D eigenvalue weighted by Gasteiger charge is 2.31. The van der Waals surface area contributed by atoms with Crippen LogP contribution in [0.2, 0.25) is 5.02 Å². The molecule has 0 aliphatic heterocycles. The molecule has 1 heterocycles. The van der Waals surface area contributed by atoms with Gasteiger partial charge in [-0.3, -0.25) is 0 Å². The molecule has 0 aliphatic rings. The van der Waals surface area contributed by atoms with Gasteiger partial charge in [-0.1, -0.05) is 17.7 Å². The standard InChI is InChI=1S/C12H7ClF4N2/c13-8-4-7(12(15,16)17)5-9(6-8)18-11-3-1-2-10(14)19-11/h1-6H,(H,18,19). The van der Waals surface area contributed by atoms with Gasteiger partial charge in [0.25, 0.3) is 0 Å². The van der Waals surface area contributed by atoms with Crippen LogP contribution in [-0.2, 0) is 6.18 Å². The van der Waals surface area contributed by atoms with Crippen molar-refractivity contribution in [1.82, 2.24) is 4.98 Å². The Morgan fingerprint density at radius 1 is 1.11 bits per heavy atom. The van der Waals surface area contributed by atoms with Gasteiger partial charge >= 0.3 is 6.18 Å². The Morgan fingerprint density at radius 3 is 2.47 bits per heavy atom. The van der Waals surface area contributed by atoms with E-state index in [0.717, 1.165) is 18.2 Å². The average Bonchev–Trinajstić information content (AvgIpc) is 2.26. The summed E-state index contributed by atoms with van der Waals surface area (Å²) in [6.45, 7) is 0. The fraction of sp³-hybridized carbons (Fsp3) is 0.0833. The van der Waals surface area contributed by atoms with Crippen LogP contribution < -0.4 is 5.32 Å². The molecule has 0 spiro atoms. The maximum Gasteiger partial charge on any atom is 0.416 e. The van der Waals surface area contributed by atoms with Crippen molar-refractivity contribution in [3.05, 3.63) is 52.9 Å². The van der Waals surface area contributed by atoms with Gasteiger partial charge in [0, 0.05) is 10.7 Å². The number of benzene rings is 1. The maximum absolute atomic E-state index is 12.9. The molecular formula is C12H7ClF4N2. The first-order valence-electron chi connectivity index (χ1n) is 5.12. The van der Waals surface area contributed by atoms with Gasteiger partial charge in [-0.25, -0.2) is 4.98 Å². The number of anilines is 2. The van der Waals surface area contributed by atoms with E-state index in [2.05, 4.69) is 10.3 Å². The van der Waals surface area contributed by atoms with Crippen molar-refractivity contribution in [2.45, 2.75) is 6.18 Å². The number of alkyl halides is 3. The molecule has 2 nitrogen and oxygen atoms in total. The Labute approximate surface area is 111 Å². The number of halogens is 5. The summed E-state index contributed by atoms with van der Waals surface area (Å²) >= 11 is 5.62. The normalized spacial score (nSPS) is 11.4. The van der Waals surface area contributed by atoms with Crippen LogP contribution in [0.4, 0.5) is 29.1 Å². The number of hydrogen-bond acceptors (Lipinski definition) is 2. The molecule has 1 aromatic carbocycles. The molecule has 1 aromatic heterocycles. The van der Waals surface area contributed by atoms with Gasteiger partial charge in [0.1, 0.15) is 5.82 Å². The van der Waals surface area contributed by atoms with Crippen molar-refractivity contribution < 1.29 is 17.6 Å². The van der Waals surface area contributed by atoms with E-state index < -0.39 is 17.7 Å². The molecule has 2 rings (SSSR count). The molecule has 7 heteroatoms. The second-order valence-corrected chi connectivity index (χ2v) is 4.13. The van der Waals surface area contributed by atoms with E-state index in [4.69, 9.17) is 11.6 Å². The Kier molecular flexibility index (Phi) is 3.61. The number of rotatable bonds is 2. The van der Waals surface area contributed by atoms with Crippen molar-refractivity contribution in [1.29, 1.82) is 0 Å². The topological polar surface area (TPSA) is 24.9 Å². The molecule has 0 unspecified atom stereocenters. The fourth-order valence-corrected chi connectivity index (χ4v) is 1.69.